The van der Waals surface area contributed by atoms with E-state index >= 15 is 0 Å². The van der Waals surface area contributed by atoms with E-state index in [9.17, 15) is 0 Å². The van der Waals surface area contributed by atoms with Gasteiger partial charge in [-0.05, 0) is 25.9 Å². The molecule has 12 nitrogen and oxygen atoms in total. The van der Waals surface area contributed by atoms with Gasteiger partial charge in [0.15, 0.2) is 0 Å². The summed E-state index contributed by atoms with van der Waals surface area (Å²) >= 11 is 0. The molecule has 1 aliphatic heterocycles. The molecule has 0 amide bonds. The van der Waals surface area contributed by atoms with Crippen LogP contribution >= 0.6 is 0 Å². The SMILES string of the molecule is CO[Si](CCC[Si](CCCN1CCC[Si]1(OC)OC)(CCC[Si](OC)(OC)OC)CCC[Si](OC)(OC)OC)(OC)OC. The molecule has 1 aliphatic rings. The minimum Gasteiger partial charge on any atom is -0.386 e. The lowest BCUT2D eigenvalue weighted by molar-refractivity contribution is 0.123. The zero-order valence-corrected chi connectivity index (χ0v) is 34.0. The Morgan fingerprint density at radius 3 is 1.09 bits per heavy atom. The average molecular weight is 706 g/mol. The Kier molecular flexibility index (Phi) is 20.1. The highest BCUT2D eigenvalue weighted by Crippen LogP contribution is 2.37. The smallest absolute Gasteiger partial charge is 0.386 e. The maximum atomic E-state index is 6.00. The summed E-state index contributed by atoms with van der Waals surface area (Å²) in [6.45, 7) is 2.04. The second-order valence-corrected chi connectivity index (χ2v) is 28.9. The van der Waals surface area contributed by atoms with E-state index in [1.165, 1.54) is 6.04 Å². The molecule has 1 saturated heterocycles. The number of hydrogen-bond donors (Lipinski definition) is 0. The third kappa shape index (κ3) is 11.7. The quantitative estimate of drug-likeness (QED) is 0.112. The van der Waals surface area contributed by atoms with E-state index in [2.05, 4.69) is 4.57 Å². The van der Waals surface area contributed by atoms with Gasteiger partial charge in [0.2, 0.25) is 0 Å². The van der Waals surface area contributed by atoms with Crippen molar-refractivity contribution in [3.8, 4) is 0 Å². The lowest BCUT2D eigenvalue weighted by atomic mass is 10.4. The molecule has 0 spiro atoms. The fourth-order valence-electron chi connectivity index (χ4n) is 6.75. The first-order valence-electron chi connectivity index (χ1n) is 15.4. The van der Waals surface area contributed by atoms with Crippen molar-refractivity contribution in [1.29, 1.82) is 0 Å². The molecule has 0 atom stereocenters. The maximum absolute atomic E-state index is 6.00. The molecule has 0 N–H and O–H groups in total. The first-order valence-corrected chi connectivity index (χ1v) is 26.0. The van der Waals surface area contributed by atoms with E-state index in [1.807, 2.05) is 0 Å². The molecule has 1 rings (SSSR count). The molecule has 0 unspecified atom stereocenters. The minimum absolute atomic E-state index is 0.792. The van der Waals surface area contributed by atoms with E-state index in [0.717, 1.165) is 87.5 Å². The summed E-state index contributed by atoms with van der Waals surface area (Å²) < 4.78 is 66.5. The summed E-state index contributed by atoms with van der Waals surface area (Å²) in [5.41, 5.74) is 0. The van der Waals surface area contributed by atoms with Crippen LogP contribution in [0.3, 0.4) is 0 Å². The number of nitrogens with zero attached hydrogens (tertiary/aromatic N) is 1. The monoisotopic (exact) mass is 705 g/mol. The Morgan fingerprint density at radius 2 is 0.791 bits per heavy atom. The van der Waals surface area contributed by atoms with E-state index in [1.54, 1.807) is 78.2 Å². The highest BCUT2D eigenvalue weighted by molar-refractivity contribution is 6.80. The summed E-state index contributed by atoms with van der Waals surface area (Å²) in [5, 5.41) is 0. The molecule has 43 heavy (non-hydrogen) atoms. The van der Waals surface area contributed by atoms with Crippen molar-refractivity contribution in [2.75, 3.05) is 91.3 Å². The molecule has 1 fully saturated rings. The van der Waals surface area contributed by atoms with Crippen molar-refractivity contribution >= 4 is 43.2 Å². The van der Waals surface area contributed by atoms with Gasteiger partial charge in [-0.2, -0.15) is 0 Å². The van der Waals surface area contributed by atoms with Crippen LogP contribution in [0, 0.1) is 0 Å². The van der Waals surface area contributed by atoms with Gasteiger partial charge in [0.25, 0.3) is 0 Å². The van der Waals surface area contributed by atoms with Crippen LogP contribution in [0.15, 0.2) is 0 Å². The van der Waals surface area contributed by atoms with Gasteiger partial charge in [-0.15, -0.1) is 0 Å². The predicted molar refractivity (Wildman–Crippen MR) is 179 cm³/mol. The summed E-state index contributed by atoms with van der Waals surface area (Å²) in [7, 11) is 6.65. The van der Waals surface area contributed by atoms with E-state index in [4.69, 9.17) is 48.7 Å². The van der Waals surface area contributed by atoms with Gasteiger partial charge in [0, 0.05) is 102 Å². The summed E-state index contributed by atoms with van der Waals surface area (Å²) in [5.74, 6) is 0. The zero-order chi connectivity index (χ0) is 32.5. The molecule has 0 bridgehead atoms. The van der Waals surface area contributed by atoms with Gasteiger partial charge in [-0.1, -0.05) is 43.4 Å². The minimum atomic E-state index is -2.68. The average Bonchev–Trinajstić information content (AvgIpc) is 3.47. The second kappa shape index (κ2) is 20.8. The van der Waals surface area contributed by atoms with Crippen molar-refractivity contribution in [2.24, 2.45) is 0 Å². The van der Waals surface area contributed by atoms with Gasteiger partial charge in [-0.3, -0.25) is 4.57 Å². The highest BCUT2D eigenvalue weighted by Gasteiger charge is 2.48. The molecule has 0 aromatic carbocycles. The summed E-state index contributed by atoms with van der Waals surface area (Å²) in [6, 6.07) is 8.05. The topological polar surface area (TPSA) is 105 Å². The summed E-state index contributed by atoms with van der Waals surface area (Å²) in [6.07, 6.45) is 5.22. The van der Waals surface area contributed by atoms with Crippen LogP contribution in [-0.2, 0) is 48.7 Å². The lowest BCUT2D eigenvalue weighted by Crippen LogP contribution is -2.53. The van der Waals surface area contributed by atoms with Crippen LogP contribution in [0.4, 0.5) is 0 Å². The van der Waals surface area contributed by atoms with Crippen molar-refractivity contribution in [3.05, 3.63) is 0 Å². The van der Waals surface area contributed by atoms with Crippen molar-refractivity contribution in [1.82, 2.24) is 4.57 Å². The van der Waals surface area contributed by atoms with Crippen molar-refractivity contribution in [3.63, 3.8) is 0 Å². The molecule has 1 heterocycles. The normalized spacial score (nSPS) is 16.8. The Balaban J connectivity index is 3.26. The van der Waals surface area contributed by atoms with Crippen molar-refractivity contribution in [2.45, 2.75) is 80.5 Å². The molecule has 0 aliphatic carbocycles. The van der Waals surface area contributed by atoms with Gasteiger partial charge < -0.3 is 48.7 Å². The zero-order valence-electron chi connectivity index (χ0n) is 29.0. The standard InChI is InChI=1S/C26H63NO11Si5/c1-28-40(29-2)23-13-18-27(40)17-12-19-39(20-14-24-41(30-3,31-4)32-5,21-15-25-42(33-6,34-7)35-8)22-16-26-43(36-9,37-10)38-11/h12-26H2,1-11H3. The fraction of sp³-hybridized carbons (Fsp3) is 1.00. The van der Waals surface area contributed by atoms with Crippen LogP contribution in [0.5, 0.6) is 0 Å². The van der Waals surface area contributed by atoms with Gasteiger partial charge in [0.1, 0.15) is 0 Å². The van der Waals surface area contributed by atoms with E-state index in [-0.39, 0.29) is 0 Å². The third-order valence-electron chi connectivity index (χ3n) is 9.54. The van der Waals surface area contributed by atoms with Gasteiger partial charge >= 0.3 is 35.1 Å². The van der Waals surface area contributed by atoms with Crippen molar-refractivity contribution < 1.29 is 48.7 Å². The first-order chi connectivity index (χ1) is 20.6. The maximum Gasteiger partial charge on any atom is 0.500 e. The Bertz CT molecular complexity index is 640. The first kappa shape index (κ1) is 41.6. The van der Waals surface area contributed by atoms with Crippen LogP contribution in [0.2, 0.25) is 48.4 Å². The van der Waals surface area contributed by atoms with Crippen LogP contribution in [-0.4, -0.2) is 139 Å². The Hall–Kier alpha value is 0.604. The van der Waals surface area contributed by atoms with E-state index < -0.39 is 43.2 Å². The van der Waals surface area contributed by atoms with Gasteiger partial charge in [-0.25, -0.2) is 0 Å². The molecule has 0 radical (unpaired) electrons. The predicted octanol–water partition coefficient (Wildman–Crippen LogP) is 4.57. The fourth-order valence-corrected chi connectivity index (χ4v) is 21.2. The van der Waals surface area contributed by atoms with E-state index in [0.29, 0.717) is 0 Å². The van der Waals surface area contributed by atoms with Crippen LogP contribution < -0.4 is 0 Å². The highest BCUT2D eigenvalue weighted by atomic mass is 28.4. The molecule has 0 aromatic rings. The Morgan fingerprint density at radius 1 is 0.465 bits per heavy atom. The number of rotatable bonds is 27. The molecule has 17 heteroatoms. The number of hydrogen-bond acceptors (Lipinski definition) is 12. The molecular formula is C26H63NO11Si5. The molecule has 0 aromatic heterocycles. The molecule has 258 valence electrons. The molecular weight excluding hydrogens is 643 g/mol. The van der Waals surface area contributed by atoms with Crippen LogP contribution in [0.25, 0.3) is 0 Å². The van der Waals surface area contributed by atoms with Crippen LogP contribution in [0.1, 0.15) is 32.1 Å². The third-order valence-corrected chi connectivity index (χ3v) is 27.4. The Labute approximate surface area is 267 Å². The summed E-state index contributed by atoms with van der Waals surface area (Å²) in [4.78, 5) is 0. The second-order valence-electron chi connectivity index (χ2n) is 11.3. The van der Waals surface area contributed by atoms with Gasteiger partial charge in [0.05, 0.1) is 8.07 Å². The molecule has 0 saturated carbocycles. The largest absolute Gasteiger partial charge is 0.500 e. The lowest BCUT2D eigenvalue weighted by Gasteiger charge is -2.37.